The van der Waals surface area contributed by atoms with Gasteiger partial charge in [0.25, 0.3) is 17.5 Å². The van der Waals surface area contributed by atoms with Crippen molar-refractivity contribution >= 4 is 29.2 Å². The van der Waals surface area contributed by atoms with Gasteiger partial charge in [-0.25, -0.2) is 4.79 Å². The van der Waals surface area contributed by atoms with Gasteiger partial charge in [0.15, 0.2) is 0 Å². The van der Waals surface area contributed by atoms with E-state index in [0.717, 1.165) is 36.2 Å². The zero-order chi connectivity index (χ0) is 22.4. The van der Waals surface area contributed by atoms with Crippen molar-refractivity contribution in [2.24, 2.45) is 0 Å². The molecule has 0 atom stereocenters. The number of nitro groups is 1. The molecule has 2 amide bonds. The molecule has 31 heavy (non-hydrogen) atoms. The van der Waals surface area contributed by atoms with Gasteiger partial charge in [-0.05, 0) is 37.5 Å². The number of aryl methyl sites for hydroxylation is 1. The van der Waals surface area contributed by atoms with Crippen LogP contribution in [0.25, 0.3) is 0 Å². The number of non-ortho nitro benzene ring substituents is 1. The summed E-state index contributed by atoms with van der Waals surface area (Å²) in [7, 11) is 0. The Kier molecular flexibility index (Phi) is 6.81. The number of hydrogen-bond acceptors (Lipinski definition) is 7. The van der Waals surface area contributed by atoms with E-state index in [9.17, 15) is 24.5 Å². The number of fused-ring (bicyclic) bond motifs is 1. The molecule has 0 aliphatic carbocycles. The standard InChI is InChI=1S/C21H22N4O6/c1-2-31-21(28)16-10-15(11-17(12-16)25(29)30)20(27)23-22-19(26)13-24-9-5-7-14-6-3-4-8-18(14)24/h3-4,6,8,10-12H,2,5,7,9,13H2,1H3,(H,22,26)(H,23,27). The fraction of sp³-hybridized carbons (Fsp3) is 0.286. The lowest BCUT2D eigenvalue weighted by Gasteiger charge is -2.30. The molecule has 0 unspecified atom stereocenters. The molecule has 1 aliphatic rings. The number of nitrogens with one attached hydrogen (secondary N) is 2. The minimum atomic E-state index is -0.790. The van der Waals surface area contributed by atoms with Crippen molar-refractivity contribution in [2.45, 2.75) is 19.8 Å². The molecule has 2 aromatic rings. The Labute approximate surface area is 178 Å². The van der Waals surface area contributed by atoms with Crippen LogP contribution in [0.5, 0.6) is 0 Å². The third-order valence-corrected chi connectivity index (χ3v) is 4.76. The van der Waals surface area contributed by atoms with E-state index in [2.05, 4.69) is 10.9 Å². The number of benzene rings is 2. The van der Waals surface area contributed by atoms with Gasteiger partial charge in [0.2, 0.25) is 0 Å². The van der Waals surface area contributed by atoms with Crippen LogP contribution in [0.4, 0.5) is 11.4 Å². The molecule has 2 N–H and O–H groups in total. The molecule has 0 saturated heterocycles. The minimum absolute atomic E-state index is 0.0420. The van der Waals surface area contributed by atoms with Crippen molar-refractivity contribution in [1.82, 2.24) is 10.9 Å². The second-order valence-corrected chi connectivity index (χ2v) is 6.90. The second-order valence-electron chi connectivity index (χ2n) is 6.90. The fourth-order valence-electron chi connectivity index (χ4n) is 3.37. The van der Waals surface area contributed by atoms with Crippen LogP contribution in [0.1, 0.15) is 39.6 Å². The Morgan fingerprint density at radius 1 is 1.13 bits per heavy atom. The normalized spacial score (nSPS) is 12.5. The lowest BCUT2D eigenvalue weighted by Crippen LogP contribution is -2.47. The Morgan fingerprint density at radius 2 is 1.87 bits per heavy atom. The van der Waals surface area contributed by atoms with Crippen molar-refractivity contribution in [1.29, 1.82) is 0 Å². The van der Waals surface area contributed by atoms with Crippen LogP contribution in [0, 0.1) is 10.1 Å². The van der Waals surface area contributed by atoms with Crippen LogP contribution in [0.15, 0.2) is 42.5 Å². The van der Waals surface area contributed by atoms with E-state index in [4.69, 9.17) is 4.74 Å². The van der Waals surface area contributed by atoms with Crippen LogP contribution in [-0.2, 0) is 16.0 Å². The monoisotopic (exact) mass is 426 g/mol. The third-order valence-electron chi connectivity index (χ3n) is 4.76. The zero-order valence-corrected chi connectivity index (χ0v) is 16.9. The number of rotatable bonds is 6. The lowest BCUT2D eigenvalue weighted by molar-refractivity contribution is -0.384. The smallest absolute Gasteiger partial charge is 0.338 e. The summed E-state index contributed by atoms with van der Waals surface area (Å²) in [5.74, 6) is -2.02. The summed E-state index contributed by atoms with van der Waals surface area (Å²) in [5, 5.41) is 11.1. The Bertz CT molecular complexity index is 1020. The number of hydrazine groups is 1. The van der Waals surface area contributed by atoms with E-state index >= 15 is 0 Å². The summed E-state index contributed by atoms with van der Waals surface area (Å²) in [6.07, 6.45) is 1.86. The number of nitro benzene ring substituents is 1. The van der Waals surface area contributed by atoms with E-state index in [0.29, 0.717) is 6.54 Å². The molecular formula is C21H22N4O6. The highest BCUT2D eigenvalue weighted by Gasteiger charge is 2.21. The molecule has 0 spiro atoms. The van der Waals surface area contributed by atoms with E-state index in [1.807, 2.05) is 29.2 Å². The summed E-state index contributed by atoms with van der Waals surface area (Å²) >= 11 is 0. The predicted molar refractivity (Wildman–Crippen MR) is 112 cm³/mol. The van der Waals surface area contributed by atoms with Gasteiger partial charge in [0, 0.05) is 29.9 Å². The zero-order valence-electron chi connectivity index (χ0n) is 16.9. The number of nitrogens with zero attached hydrogens (tertiary/aromatic N) is 2. The number of ether oxygens (including phenoxy) is 1. The largest absolute Gasteiger partial charge is 0.462 e. The van der Waals surface area contributed by atoms with Crippen molar-refractivity contribution in [3.63, 3.8) is 0 Å². The van der Waals surface area contributed by atoms with Gasteiger partial charge >= 0.3 is 5.97 Å². The van der Waals surface area contributed by atoms with E-state index in [-0.39, 0.29) is 24.3 Å². The first-order valence-electron chi connectivity index (χ1n) is 9.77. The molecule has 0 bridgehead atoms. The number of hydrogen-bond donors (Lipinski definition) is 2. The first kappa shape index (κ1) is 21.8. The quantitative estimate of drug-likeness (QED) is 0.410. The number of amides is 2. The number of para-hydroxylation sites is 1. The predicted octanol–water partition coefficient (Wildman–Crippen LogP) is 1.99. The average Bonchev–Trinajstić information content (AvgIpc) is 2.77. The molecular weight excluding hydrogens is 404 g/mol. The second kappa shape index (κ2) is 9.70. The maximum absolute atomic E-state index is 12.4. The highest BCUT2D eigenvalue weighted by atomic mass is 16.6. The molecule has 10 nitrogen and oxygen atoms in total. The summed E-state index contributed by atoms with van der Waals surface area (Å²) in [4.78, 5) is 49.1. The molecule has 0 saturated carbocycles. The van der Waals surface area contributed by atoms with E-state index in [1.54, 1.807) is 6.92 Å². The van der Waals surface area contributed by atoms with E-state index < -0.39 is 28.4 Å². The van der Waals surface area contributed by atoms with Gasteiger partial charge in [-0.2, -0.15) is 0 Å². The van der Waals surface area contributed by atoms with Crippen LogP contribution in [-0.4, -0.2) is 42.4 Å². The van der Waals surface area contributed by atoms with Crippen LogP contribution in [0.3, 0.4) is 0 Å². The van der Waals surface area contributed by atoms with Crippen molar-refractivity contribution in [3.05, 3.63) is 69.3 Å². The van der Waals surface area contributed by atoms with Crippen molar-refractivity contribution in [2.75, 3.05) is 24.6 Å². The third kappa shape index (κ3) is 5.35. The lowest BCUT2D eigenvalue weighted by atomic mass is 10.0. The molecule has 0 radical (unpaired) electrons. The summed E-state index contributed by atoms with van der Waals surface area (Å²) in [5.41, 5.74) is 5.98. The minimum Gasteiger partial charge on any atom is -0.462 e. The fourth-order valence-corrected chi connectivity index (χ4v) is 3.37. The first-order valence-corrected chi connectivity index (χ1v) is 9.77. The molecule has 1 aliphatic heterocycles. The first-order chi connectivity index (χ1) is 14.9. The van der Waals surface area contributed by atoms with E-state index in [1.165, 1.54) is 6.07 Å². The Hall–Kier alpha value is -3.95. The molecule has 10 heteroatoms. The van der Waals surface area contributed by atoms with Crippen LogP contribution >= 0.6 is 0 Å². The molecule has 162 valence electrons. The van der Waals surface area contributed by atoms with Crippen LogP contribution in [0.2, 0.25) is 0 Å². The van der Waals surface area contributed by atoms with Gasteiger partial charge in [-0.1, -0.05) is 18.2 Å². The van der Waals surface area contributed by atoms with Gasteiger partial charge < -0.3 is 9.64 Å². The van der Waals surface area contributed by atoms with Crippen molar-refractivity contribution < 1.29 is 24.0 Å². The molecule has 1 heterocycles. The van der Waals surface area contributed by atoms with Crippen LogP contribution < -0.4 is 15.8 Å². The molecule has 0 fully saturated rings. The summed E-state index contributed by atoms with van der Waals surface area (Å²) in [6.45, 7) is 2.43. The number of anilines is 1. The topological polar surface area (TPSA) is 131 Å². The Morgan fingerprint density at radius 3 is 2.61 bits per heavy atom. The molecule has 3 rings (SSSR count). The SMILES string of the molecule is CCOC(=O)c1cc(C(=O)NNC(=O)CN2CCCc3ccccc32)cc([N+](=O)[O-])c1. The average molecular weight is 426 g/mol. The Balaban J connectivity index is 1.66. The van der Waals surface area contributed by atoms with Crippen molar-refractivity contribution in [3.8, 4) is 0 Å². The maximum atomic E-state index is 12.4. The summed E-state index contributed by atoms with van der Waals surface area (Å²) in [6, 6.07) is 11.0. The number of carbonyl (C=O) groups is 3. The summed E-state index contributed by atoms with van der Waals surface area (Å²) < 4.78 is 4.84. The van der Waals surface area contributed by atoms with Gasteiger partial charge in [0.1, 0.15) is 0 Å². The van der Waals surface area contributed by atoms with Gasteiger partial charge in [-0.3, -0.25) is 30.6 Å². The molecule has 2 aromatic carbocycles. The highest BCUT2D eigenvalue weighted by molar-refractivity contribution is 5.99. The number of esters is 1. The highest BCUT2D eigenvalue weighted by Crippen LogP contribution is 2.26. The maximum Gasteiger partial charge on any atom is 0.338 e. The molecule has 0 aromatic heterocycles. The van der Waals surface area contributed by atoms with Gasteiger partial charge in [-0.15, -0.1) is 0 Å². The number of carbonyl (C=O) groups excluding carboxylic acids is 3. The van der Waals surface area contributed by atoms with Gasteiger partial charge in [0.05, 0.1) is 23.6 Å².